The molecule has 0 radical (unpaired) electrons. The van der Waals surface area contributed by atoms with Crippen molar-refractivity contribution in [2.75, 3.05) is 20.1 Å². The number of hydrogen-bond donors (Lipinski definition) is 2. The summed E-state index contributed by atoms with van der Waals surface area (Å²) in [6.07, 6.45) is 4.75. The monoisotopic (exact) mass is 555 g/mol. The molecule has 5 nitrogen and oxygen atoms in total. The average molecular weight is 557 g/mol. The summed E-state index contributed by atoms with van der Waals surface area (Å²) in [4.78, 5) is 29.1. The van der Waals surface area contributed by atoms with E-state index in [-0.39, 0.29) is 18.2 Å². The molecule has 35 heavy (non-hydrogen) atoms. The number of halogens is 4. The van der Waals surface area contributed by atoms with E-state index in [0.717, 1.165) is 30.5 Å². The van der Waals surface area contributed by atoms with Crippen LogP contribution in [0.3, 0.4) is 0 Å². The molecule has 2 fully saturated rings. The van der Waals surface area contributed by atoms with Gasteiger partial charge in [0.25, 0.3) is 0 Å². The van der Waals surface area contributed by atoms with Crippen LogP contribution in [0.4, 0.5) is 0 Å². The molecule has 2 N–H and O–H groups in total. The summed E-state index contributed by atoms with van der Waals surface area (Å²) in [5.74, 6) is -0.453. The lowest BCUT2D eigenvalue weighted by atomic mass is 9.94. The molecular weight excluding hydrogens is 528 g/mol. The molecule has 0 bridgehead atoms. The molecule has 188 valence electrons. The second kappa shape index (κ2) is 11.3. The van der Waals surface area contributed by atoms with Crippen LogP contribution >= 0.6 is 46.4 Å². The summed E-state index contributed by atoms with van der Waals surface area (Å²) in [6.45, 7) is 1.63. The number of amides is 2. The molecule has 9 heteroatoms. The van der Waals surface area contributed by atoms with Gasteiger partial charge >= 0.3 is 0 Å². The molecule has 0 spiro atoms. The number of carbonyl (C=O) groups is 2. The fraction of sp³-hybridized carbons (Fsp3) is 0.462. The normalized spacial score (nSPS) is 19.9. The van der Waals surface area contributed by atoms with E-state index in [0.29, 0.717) is 45.5 Å². The molecule has 1 saturated carbocycles. The van der Waals surface area contributed by atoms with Crippen molar-refractivity contribution in [2.45, 2.75) is 56.0 Å². The molecule has 4 rings (SSSR count). The summed E-state index contributed by atoms with van der Waals surface area (Å²) in [7, 11) is 2.11. The molecule has 1 aliphatic carbocycles. The summed E-state index contributed by atoms with van der Waals surface area (Å²) >= 11 is 24.9. The minimum Gasteiger partial charge on any atom is -0.354 e. The van der Waals surface area contributed by atoms with Crippen LogP contribution in [-0.4, -0.2) is 48.9 Å². The first-order valence-electron chi connectivity index (χ1n) is 11.9. The van der Waals surface area contributed by atoms with Gasteiger partial charge in [-0.2, -0.15) is 0 Å². The van der Waals surface area contributed by atoms with Gasteiger partial charge in [-0.05, 0) is 81.1 Å². The third kappa shape index (κ3) is 6.26. The van der Waals surface area contributed by atoms with Gasteiger partial charge in [-0.1, -0.05) is 58.5 Å². The highest BCUT2D eigenvalue weighted by atomic mass is 35.5. The Bertz CT molecular complexity index is 1110. The number of nitrogens with one attached hydrogen (secondary N) is 2. The third-order valence-electron chi connectivity index (χ3n) is 7.14. The van der Waals surface area contributed by atoms with E-state index in [1.165, 1.54) is 6.42 Å². The minimum absolute atomic E-state index is 0.220. The van der Waals surface area contributed by atoms with E-state index < -0.39 is 11.5 Å². The lowest BCUT2D eigenvalue weighted by molar-refractivity contribution is -0.130. The number of likely N-dealkylation sites (tertiary alicyclic amines) is 1. The third-order valence-corrected chi connectivity index (χ3v) is 8.28. The Labute approximate surface area is 226 Å². The van der Waals surface area contributed by atoms with Crippen molar-refractivity contribution in [3.8, 4) is 0 Å². The van der Waals surface area contributed by atoms with Gasteiger partial charge in [-0.3, -0.25) is 9.59 Å². The van der Waals surface area contributed by atoms with Gasteiger partial charge in [0.15, 0.2) is 0 Å². The molecule has 1 heterocycles. The minimum atomic E-state index is -0.786. The molecule has 1 saturated heterocycles. The van der Waals surface area contributed by atoms with Crippen molar-refractivity contribution < 1.29 is 9.59 Å². The Balaban J connectivity index is 1.49. The molecule has 2 aromatic rings. The van der Waals surface area contributed by atoms with E-state index in [4.69, 9.17) is 46.4 Å². The number of carbonyl (C=O) groups excluding carboxylic acids is 2. The van der Waals surface area contributed by atoms with Crippen LogP contribution in [0.1, 0.15) is 43.2 Å². The van der Waals surface area contributed by atoms with E-state index in [1.807, 2.05) is 0 Å². The lowest BCUT2D eigenvalue weighted by Crippen LogP contribution is -2.51. The summed E-state index contributed by atoms with van der Waals surface area (Å²) in [5, 5.41) is 7.95. The number of rotatable bonds is 9. The van der Waals surface area contributed by atoms with Gasteiger partial charge in [0.1, 0.15) is 6.04 Å². The van der Waals surface area contributed by atoms with Gasteiger partial charge in [0.05, 0.1) is 5.41 Å². The first-order chi connectivity index (χ1) is 16.7. The van der Waals surface area contributed by atoms with Gasteiger partial charge < -0.3 is 15.5 Å². The van der Waals surface area contributed by atoms with E-state index in [2.05, 4.69) is 22.6 Å². The highest BCUT2D eigenvalue weighted by molar-refractivity contribution is 6.35. The predicted octanol–water partition coefficient (Wildman–Crippen LogP) is 5.66. The standard InChI is InChI=1S/C26H29Cl4N3O2/c1-33-12-2-3-19(33)8-11-31-24(34)23(13-16-4-5-17(27)14-21(16)29)32-25(35)26(9-10-26)20-7-6-18(28)15-22(20)30/h4-7,14-15,19,23H,2-3,8-13H2,1H3,(H,31,34)(H,32,35)/t19?,23-/m0/s1. The van der Waals surface area contributed by atoms with Crippen LogP contribution in [0.15, 0.2) is 36.4 Å². The van der Waals surface area contributed by atoms with Crippen LogP contribution in [0.5, 0.6) is 0 Å². The van der Waals surface area contributed by atoms with Gasteiger partial charge in [0, 0.05) is 39.1 Å². The van der Waals surface area contributed by atoms with E-state index in [9.17, 15) is 9.59 Å². The number of nitrogens with zero attached hydrogens (tertiary/aromatic N) is 1. The van der Waals surface area contributed by atoms with Crippen LogP contribution < -0.4 is 10.6 Å². The molecule has 2 aromatic carbocycles. The van der Waals surface area contributed by atoms with Gasteiger partial charge in [0.2, 0.25) is 11.8 Å². The van der Waals surface area contributed by atoms with Crippen molar-refractivity contribution >= 4 is 58.2 Å². The number of benzene rings is 2. The molecule has 2 aliphatic rings. The van der Waals surface area contributed by atoms with E-state index in [1.54, 1.807) is 36.4 Å². The average Bonchev–Trinajstić information content (AvgIpc) is 3.51. The largest absolute Gasteiger partial charge is 0.354 e. The Kier molecular flexibility index (Phi) is 8.55. The Hall–Kier alpha value is -1.50. The maximum absolute atomic E-state index is 13.5. The first kappa shape index (κ1) is 26.6. The first-order valence-corrected chi connectivity index (χ1v) is 13.4. The second-order valence-electron chi connectivity index (χ2n) is 9.53. The molecule has 1 aliphatic heterocycles. The van der Waals surface area contributed by atoms with Gasteiger partial charge in [-0.15, -0.1) is 0 Å². The van der Waals surface area contributed by atoms with Crippen LogP contribution in [-0.2, 0) is 21.4 Å². The maximum atomic E-state index is 13.5. The Morgan fingerprint density at radius 1 is 1.06 bits per heavy atom. The fourth-order valence-corrected chi connectivity index (χ4v) is 5.94. The molecule has 2 atom stereocenters. The highest BCUT2D eigenvalue weighted by Gasteiger charge is 2.53. The highest BCUT2D eigenvalue weighted by Crippen LogP contribution is 2.51. The zero-order valence-corrected chi connectivity index (χ0v) is 22.6. The summed E-state index contributed by atoms with van der Waals surface area (Å²) in [5.41, 5.74) is 0.715. The van der Waals surface area contributed by atoms with Crippen LogP contribution in [0.2, 0.25) is 20.1 Å². The topological polar surface area (TPSA) is 61.4 Å². The van der Waals surface area contributed by atoms with Crippen molar-refractivity contribution in [3.63, 3.8) is 0 Å². The maximum Gasteiger partial charge on any atom is 0.242 e. The van der Waals surface area contributed by atoms with Crippen molar-refractivity contribution in [2.24, 2.45) is 0 Å². The molecule has 2 amide bonds. The Morgan fingerprint density at radius 3 is 2.34 bits per heavy atom. The second-order valence-corrected chi connectivity index (χ2v) is 11.2. The van der Waals surface area contributed by atoms with E-state index >= 15 is 0 Å². The molecular formula is C26H29Cl4N3O2. The van der Waals surface area contributed by atoms with Crippen molar-refractivity contribution in [3.05, 3.63) is 67.6 Å². The van der Waals surface area contributed by atoms with Gasteiger partial charge in [-0.25, -0.2) is 0 Å². The van der Waals surface area contributed by atoms with Crippen LogP contribution in [0, 0.1) is 0 Å². The Morgan fingerprint density at radius 2 is 1.74 bits per heavy atom. The molecule has 0 aromatic heterocycles. The smallest absolute Gasteiger partial charge is 0.242 e. The zero-order valence-electron chi connectivity index (χ0n) is 19.6. The zero-order chi connectivity index (χ0) is 25.2. The lowest BCUT2D eigenvalue weighted by Gasteiger charge is -2.24. The summed E-state index contributed by atoms with van der Waals surface area (Å²) in [6, 6.07) is 10.00. The summed E-state index contributed by atoms with van der Waals surface area (Å²) < 4.78 is 0. The SMILES string of the molecule is CN1CCCC1CCNC(=O)[C@H](Cc1ccc(Cl)cc1Cl)NC(=O)C1(c2ccc(Cl)cc2Cl)CC1. The van der Waals surface area contributed by atoms with Crippen molar-refractivity contribution in [1.82, 2.24) is 15.5 Å². The van der Waals surface area contributed by atoms with Crippen LogP contribution in [0.25, 0.3) is 0 Å². The molecule has 1 unspecified atom stereocenters. The fourth-order valence-electron chi connectivity index (χ4n) is 4.86. The van der Waals surface area contributed by atoms with Crippen molar-refractivity contribution in [1.29, 1.82) is 0 Å². The number of hydrogen-bond acceptors (Lipinski definition) is 3. The quantitative estimate of drug-likeness (QED) is 0.419. The predicted molar refractivity (Wildman–Crippen MR) is 143 cm³/mol.